The average molecular weight is 449 g/mol. The highest BCUT2D eigenvalue weighted by atomic mass is 80.0. The van der Waals surface area contributed by atoms with E-state index in [4.69, 9.17) is 0 Å². The molecule has 5 heteroatoms. The lowest BCUT2D eigenvalue weighted by Crippen LogP contribution is -2.00. The van der Waals surface area contributed by atoms with Crippen LogP contribution in [0.1, 0.15) is 15.9 Å². The van der Waals surface area contributed by atoms with Crippen molar-refractivity contribution in [1.29, 1.82) is 0 Å². The molecule has 0 fully saturated rings. The lowest BCUT2D eigenvalue weighted by atomic mass is 9.99. The summed E-state index contributed by atoms with van der Waals surface area (Å²) in [6.07, 6.45) is 0. The number of aromatic carboxylic acids is 1. The van der Waals surface area contributed by atoms with Gasteiger partial charge in [-0.3, -0.25) is 0 Å². The van der Waals surface area contributed by atoms with Crippen molar-refractivity contribution in [3.8, 4) is 11.1 Å². The Morgan fingerprint density at radius 1 is 0.947 bits per heavy atom. The summed E-state index contributed by atoms with van der Waals surface area (Å²) in [7, 11) is 0. The Labute approximate surface area is 136 Å². The molecule has 1 N–H and O–H groups in total. The molecule has 0 aliphatic carbocycles. The number of carboxylic acids is 1. The van der Waals surface area contributed by atoms with Gasteiger partial charge >= 0.3 is 5.97 Å². The van der Waals surface area contributed by atoms with Crippen molar-refractivity contribution in [2.45, 2.75) is 2.14 Å². The van der Waals surface area contributed by atoms with Gasteiger partial charge in [0, 0.05) is 0 Å². The lowest BCUT2D eigenvalue weighted by molar-refractivity contribution is 0.0698. The zero-order valence-electron chi connectivity index (χ0n) is 9.61. The van der Waals surface area contributed by atoms with Crippen LogP contribution in [0.25, 0.3) is 11.1 Å². The smallest absolute Gasteiger partial charge is 0.336 e. The first kappa shape index (κ1) is 14.8. The van der Waals surface area contributed by atoms with E-state index < -0.39 is 8.11 Å². The minimum atomic E-state index is -0.921. The van der Waals surface area contributed by atoms with Crippen molar-refractivity contribution in [2.75, 3.05) is 0 Å². The molecule has 0 spiro atoms. The van der Waals surface area contributed by atoms with Gasteiger partial charge in [0.15, 0.2) is 2.14 Å². The van der Waals surface area contributed by atoms with E-state index in [9.17, 15) is 9.90 Å². The van der Waals surface area contributed by atoms with Crippen molar-refractivity contribution >= 4 is 53.8 Å². The van der Waals surface area contributed by atoms with Crippen molar-refractivity contribution in [3.05, 3.63) is 59.7 Å². The van der Waals surface area contributed by atoms with Crippen LogP contribution < -0.4 is 0 Å². The molecule has 0 unspecified atom stereocenters. The Bertz CT molecular complexity index is 601. The molecule has 2 nitrogen and oxygen atoms in total. The second-order valence-corrected chi connectivity index (χ2v) is 10.7. The van der Waals surface area contributed by atoms with Crippen LogP contribution in [0, 0.1) is 0 Å². The Morgan fingerprint density at radius 2 is 1.53 bits per heavy atom. The summed E-state index contributed by atoms with van der Waals surface area (Å²) in [5.74, 6) is -0.921. The fourth-order valence-corrected chi connectivity index (χ4v) is 2.55. The molecular weight excluding hydrogens is 440 g/mol. The number of alkyl halides is 3. The Morgan fingerprint density at radius 3 is 2.05 bits per heavy atom. The molecule has 0 heterocycles. The van der Waals surface area contributed by atoms with E-state index in [-0.39, 0.29) is 0 Å². The highest BCUT2D eigenvalue weighted by Crippen LogP contribution is 2.44. The van der Waals surface area contributed by atoms with E-state index in [1.165, 1.54) is 0 Å². The van der Waals surface area contributed by atoms with Crippen LogP contribution in [0.15, 0.2) is 48.5 Å². The van der Waals surface area contributed by atoms with Gasteiger partial charge in [-0.15, -0.1) is 0 Å². The van der Waals surface area contributed by atoms with Gasteiger partial charge < -0.3 is 5.11 Å². The molecule has 0 amide bonds. The average Bonchev–Trinajstić information content (AvgIpc) is 2.38. The van der Waals surface area contributed by atoms with Crippen LogP contribution in [0.2, 0.25) is 0 Å². The van der Waals surface area contributed by atoms with Gasteiger partial charge in [0.1, 0.15) is 0 Å². The maximum absolute atomic E-state index is 11.2. The number of halogens is 3. The molecule has 2 rings (SSSR count). The Kier molecular flexibility index (Phi) is 4.48. The number of hydrogen-bond acceptors (Lipinski definition) is 1. The zero-order chi connectivity index (χ0) is 14.0. The summed E-state index contributed by atoms with van der Waals surface area (Å²) in [4.78, 5) is 11.2. The molecule has 0 saturated heterocycles. The summed E-state index contributed by atoms with van der Waals surface area (Å²) in [6.45, 7) is 0. The molecule has 2 aromatic rings. The van der Waals surface area contributed by atoms with Gasteiger partial charge in [0.2, 0.25) is 0 Å². The maximum atomic E-state index is 11.2. The molecule has 0 atom stereocenters. The summed E-state index contributed by atoms with van der Waals surface area (Å²) in [6, 6.07) is 14.6. The number of benzene rings is 2. The Balaban J connectivity index is 2.46. The number of hydrogen-bond donors (Lipinski definition) is 1. The molecule has 0 bridgehead atoms. The lowest BCUT2D eigenvalue weighted by Gasteiger charge is -2.13. The van der Waals surface area contributed by atoms with Crippen molar-refractivity contribution in [1.82, 2.24) is 0 Å². The number of rotatable bonds is 2. The zero-order valence-corrected chi connectivity index (χ0v) is 14.4. The molecule has 0 aliphatic heterocycles. The third-order valence-electron chi connectivity index (χ3n) is 2.68. The highest BCUT2D eigenvalue weighted by molar-refractivity contribution is 9.38. The summed E-state index contributed by atoms with van der Waals surface area (Å²) >= 11 is 10.3. The second-order valence-electron chi connectivity index (χ2n) is 3.93. The first-order chi connectivity index (χ1) is 8.89. The van der Waals surface area contributed by atoms with Gasteiger partial charge in [-0.2, -0.15) is 0 Å². The molecule has 0 aliphatic rings. The number of carboxylic acid groups (broad SMARTS) is 1. The van der Waals surface area contributed by atoms with E-state index in [1.54, 1.807) is 12.1 Å². The van der Waals surface area contributed by atoms with Crippen LogP contribution in [-0.4, -0.2) is 11.1 Å². The molecule has 0 saturated carbocycles. The van der Waals surface area contributed by atoms with Gasteiger partial charge in [-0.05, 0) is 22.8 Å². The summed E-state index contributed by atoms with van der Waals surface area (Å²) in [5.41, 5.74) is 2.88. The van der Waals surface area contributed by atoms with E-state index in [1.807, 2.05) is 36.4 Å². The highest BCUT2D eigenvalue weighted by Gasteiger charge is 2.20. The van der Waals surface area contributed by atoms with Gasteiger partial charge in [0.05, 0.1) is 5.56 Å². The van der Waals surface area contributed by atoms with Crippen molar-refractivity contribution in [2.24, 2.45) is 0 Å². The van der Waals surface area contributed by atoms with Crippen LogP contribution in [0.4, 0.5) is 0 Å². The third kappa shape index (κ3) is 3.46. The SMILES string of the molecule is O=C(O)c1ccccc1-c1ccc(C(Br)(Br)Br)cc1. The predicted molar refractivity (Wildman–Crippen MR) is 87.3 cm³/mol. The van der Waals surface area contributed by atoms with Crippen LogP contribution >= 0.6 is 47.8 Å². The normalized spacial score (nSPS) is 11.3. The van der Waals surface area contributed by atoms with Crippen LogP contribution in [-0.2, 0) is 2.14 Å². The van der Waals surface area contributed by atoms with Crippen LogP contribution in [0.5, 0.6) is 0 Å². The van der Waals surface area contributed by atoms with E-state index in [2.05, 4.69) is 47.8 Å². The minimum Gasteiger partial charge on any atom is -0.478 e. The second kappa shape index (κ2) is 5.77. The predicted octanol–water partition coefficient (Wildman–Crippen LogP) is 5.35. The maximum Gasteiger partial charge on any atom is 0.336 e. The molecule has 2 aromatic carbocycles. The largest absolute Gasteiger partial charge is 0.478 e. The molecule has 19 heavy (non-hydrogen) atoms. The first-order valence-corrected chi connectivity index (χ1v) is 7.77. The standard InChI is InChI=1S/C14H9Br3O2/c15-14(16,17)10-7-5-9(6-8-10)11-3-1-2-4-12(11)13(18)19/h1-8H,(H,18,19). The van der Waals surface area contributed by atoms with Gasteiger partial charge in [0.25, 0.3) is 0 Å². The minimum absolute atomic E-state index is 0.304. The van der Waals surface area contributed by atoms with Crippen molar-refractivity contribution in [3.63, 3.8) is 0 Å². The Hall–Kier alpha value is -0.650. The number of carbonyl (C=O) groups is 1. The molecule has 98 valence electrons. The fraction of sp³-hybridized carbons (Fsp3) is 0.0714. The summed E-state index contributed by atoms with van der Waals surface area (Å²) in [5, 5.41) is 9.19. The first-order valence-electron chi connectivity index (χ1n) is 5.39. The molecule has 0 radical (unpaired) electrons. The van der Waals surface area contributed by atoms with Crippen LogP contribution in [0.3, 0.4) is 0 Å². The van der Waals surface area contributed by atoms with E-state index in [0.717, 1.165) is 11.1 Å². The summed E-state index contributed by atoms with van der Waals surface area (Å²) < 4.78 is -0.460. The topological polar surface area (TPSA) is 37.3 Å². The quantitative estimate of drug-likeness (QED) is 0.629. The molecular formula is C14H9Br3O2. The fourth-order valence-electron chi connectivity index (χ4n) is 1.76. The third-order valence-corrected chi connectivity index (χ3v) is 4.05. The van der Waals surface area contributed by atoms with Crippen molar-refractivity contribution < 1.29 is 9.90 Å². The van der Waals surface area contributed by atoms with E-state index in [0.29, 0.717) is 11.1 Å². The van der Waals surface area contributed by atoms with E-state index >= 15 is 0 Å². The van der Waals surface area contributed by atoms with Gasteiger partial charge in [-0.1, -0.05) is 90.3 Å². The van der Waals surface area contributed by atoms with Gasteiger partial charge in [-0.25, -0.2) is 4.79 Å². The molecule has 0 aromatic heterocycles. The monoisotopic (exact) mass is 446 g/mol.